The third kappa shape index (κ3) is 14.4. The van der Waals surface area contributed by atoms with Gasteiger partial charge in [0, 0.05) is 0 Å². The molecular weight excluding hydrogens is 240 g/mol. The molecule has 2 atom stereocenters. The second-order valence-electron chi connectivity index (χ2n) is 8.92. The Balaban J connectivity index is 3.48. The van der Waals surface area contributed by atoms with Crippen LogP contribution in [0.25, 0.3) is 0 Å². The molecule has 0 fully saturated rings. The number of hydrogen-bond acceptors (Lipinski definition) is 0. The molecule has 0 aromatic rings. The molecule has 0 aliphatic rings. The normalized spacial score (nSPS) is 15.6. The van der Waals surface area contributed by atoms with Crippen molar-refractivity contribution in [3.05, 3.63) is 0 Å². The standard InChI is InChI=1S/C20H42/c1-17(2)11-8-12-18(3)13-9-14-19(4)15-10-16-20(5,6)7/h17-19H,8-16H2,1-7H3. The highest BCUT2D eigenvalue weighted by Crippen LogP contribution is 2.25. The minimum atomic E-state index is 0.519. The highest BCUT2D eigenvalue weighted by molar-refractivity contribution is 4.64. The highest BCUT2D eigenvalue weighted by Gasteiger charge is 2.11. The summed E-state index contributed by atoms with van der Waals surface area (Å²) in [6.45, 7) is 16.6. The summed E-state index contributed by atoms with van der Waals surface area (Å²) in [5.74, 6) is 2.75. The van der Waals surface area contributed by atoms with Gasteiger partial charge < -0.3 is 0 Å². The van der Waals surface area contributed by atoms with Crippen LogP contribution in [-0.2, 0) is 0 Å². The van der Waals surface area contributed by atoms with E-state index in [1.54, 1.807) is 0 Å². The fourth-order valence-electron chi connectivity index (χ4n) is 2.96. The second-order valence-corrected chi connectivity index (χ2v) is 8.92. The summed E-state index contributed by atoms with van der Waals surface area (Å²) in [6, 6.07) is 0. The molecule has 0 aromatic heterocycles. The third-order valence-electron chi connectivity index (χ3n) is 4.50. The predicted molar refractivity (Wildman–Crippen MR) is 94.2 cm³/mol. The average Bonchev–Trinajstić information content (AvgIpc) is 2.26. The summed E-state index contributed by atoms with van der Waals surface area (Å²) in [7, 11) is 0. The van der Waals surface area contributed by atoms with E-state index < -0.39 is 0 Å². The van der Waals surface area contributed by atoms with E-state index in [9.17, 15) is 0 Å². The van der Waals surface area contributed by atoms with Crippen molar-refractivity contribution in [1.82, 2.24) is 0 Å². The number of rotatable bonds is 11. The molecule has 20 heavy (non-hydrogen) atoms. The lowest BCUT2D eigenvalue weighted by Gasteiger charge is -2.19. The van der Waals surface area contributed by atoms with Crippen molar-refractivity contribution in [3.63, 3.8) is 0 Å². The molecule has 2 unspecified atom stereocenters. The van der Waals surface area contributed by atoms with Gasteiger partial charge in [0.05, 0.1) is 0 Å². The summed E-state index contributed by atoms with van der Waals surface area (Å²) >= 11 is 0. The molecule has 0 aromatic carbocycles. The molecule has 0 amide bonds. The van der Waals surface area contributed by atoms with E-state index in [1.165, 1.54) is 57.8 Å². The maximum atomic E-state index is 2.45. The van der Waals surface area contributed by atoms with Crippen LogP contribution in [0, 0.1) is 23.2 Å². The summed E-state index contributed by atoms with van der Waals surface area (Å²) in [5.41, 5.74) is 0.519. The van der Waals surface area contributed by atoms with Crippen molar-refractivity contribution in [2.75, 3.05) is 0 Å². The Morgan fingerprint density at radius 2 is 1.00 bits per heavy atom. The van der Waals surface area contributed by atoms with Crippen molar-refractivity contribution >= 4 is 0 Å². The maximum Gasteiger partial charge on any atom is -0.0383 e. The van der Waals surface area contributed by atoms with Crippen LogP contribution in [0.3, 0.4) is 0 Å². The minimum Gasteiger partial charge on any atom is -0.0628 e. The van der Waals surface area contributed by atoms with Crippen molar-refractivity contribution in [3.8, 4) is 0 Å². The zero-order chi connectivity index (χ0) is 15.6. The molecule has 0 spiro atoms. The molecule has 0 bridgehead atoms. The number of hydrogen-bond donors (Lipinski definition) is 0. The monoisotopic (exact) mass is 282 g/mol. The average molecular weight is 283 g/mol. The van der Waals surface area contributed by atoms with Gasteiger partial charge in [-0.1, -0.05) is 99.8 Å². The fraction of sp³-hybridized carbons (Fsp3) is 1.00. The van der Waals surface area contributed by atoms with E-state index in [2.05, 4.69) is 48.5 Å². The van der Waals surface area contributed by atoms with Gasteiger partial charge in [0.25, 0.3) is 0 Å². The van der Waals surface area contributed by atoms with Gasteiger partial charge in [0.15, 0.2) is 0 Å². The zero-order valence-electron chi connectivity index (χ0n) is 15.6. The Morgan fingerprint density at radius 3 is 1.40 bits per heavy atom. The molecule has 0 saturated heterocycles. The van der Waals surface area contributed by atoms with Crippen molar-refractivity contribution in [2.45, 2.75) is 106 Å². The van der Waals surface area contributed by atoms with Crippen LogP contribution in [0.1, 0.15) is 106 Å². The van der Waals surface area contributed by atoms with Gasteiger partial charge in [-0.3, -0.25) is 0 Å². The zero-order valence-corrected chi connectivity index (χ0v) is 15.6. The summed E-state index contributed by atoms with van der Waals surface area (Å²) in [6.07, 6.45) is 12.8. The first-order valence-corrected chi connectivity index (χ1v) is 9.20. The SMILES string of the molecule is CC(C)CCCC(C)CCCC(C)CCCC(C)(C)C. The lowest BCUT2D eigenvalue weighted by molar-refractivity contribution is 0.331. The Hall–Kier alpha value is 0. The van der Waals surface area contributed by atoms with Gasteiger partial charge in [-0.2, -0.15) is 0 Å². The molecule has 0 heteroatoms. The van der Waals surface area contributed by atoms with E-state index >= 15 is 0 Å². The van der Waals surface area contributed by atoms with E-state index in [0.717, 1.165) is 17.8 Å². The molecule has 0 nitrogen and oxygen atoms in total. The first-order valence-electron chi connectivity index (χ1n) is 9.20. The smallest absolute Gasteiger partial charge is 0.0383 e. The lowest BCUT2D eigenvalue weighted by Crippen LogP contribution is -2.06. The van der Waals surface area contributed by atoms with Crippen molar-refractivity contribution in [1.29, 1.82) is 0 Å². The largest absolute Gasteiger partial charge is 0.0628 e. The predicted octanol–water partition coefficient (Wildman–Crippen LogP) is 7.47. The van der Waals surface area contributed by atoms with E-state index in [-0.39, 0.29) is 0 Å². The first-order chi connectivity index (χ1) is 9.20. The molecule has 0 N–H and O–H groups in total. The van der Waals surface area contributed by atoms with Crippen molar-refractivity contribution in [2.24, 2.45) is 23.2 Å². The Kier molecular flexibility index (Phi) is 10.7. The summed E-state index contributed by atoms with van der Waals surface area (Å²) in [4.78, 5) is 0. The van der Waals surface area contributed by atoms with Gasteiger partial charge in [-0.15, -0.1) is 0 Å². The van der Waals surface area contributed by atoms with Crippen LogP contribution >= 0.6 is 0 Å². The Morgan fingerprint density at radius 1 is 0.600 bits per heavy atom. The maximum absolute atomic E-state index is 2.45. The molecule has 0 heterocycles. The molecule has 0 aliphatic carbocycles. The third-order valence-corrected chi connectivity index (χ3v) is 4.50. The summed E-state index contributed by atoms with van der Waals surface area (Å²) < 4.78 is 0. The van der Waals surface area contributed by atoms with Gasteiger partial charge in [0.2, 0.25) is 0 Å². The van der Waals surface area contributed by atoms with Gasteiger partial charge in [-0.05, 0) is 29.6 Å². The van der Waals surface area contributed by atoms with Crippen LogP contribution in [0.15, 0.2) is 0 Å². The fourth-order valence-corrected chi connectivity index (χ4v) is 2.96. The first kappa shape index (κ1) is 20.0. The quantitative estimate of drug-likeness (QED) is 0.368. The van der Waals surface area contributed by atoms with Gasteiger partial charge in [-0.25, -0.2) is 0 Å². The molecular formula is C20H42. The van der Waals surface area contributed by atoms with E-state index in [0.29, 0.717) is 5.41 Å². The second kappa shape index (κ2) is 10.7. The molecule has 0 saturated carbocycles. The molecule has 0 rings (SSSR count). The van der Waals surface area contributed by atoms with Crippen LogP contribution in [0.5, 0.6) is 0 Å². The minimum absolute atomic E-state index is 0.519. The Labute approximate surface area is 130 Å². The van der Waals surface area contributed by atoms with E-state index in [1.807, 2.05) is 0 Å². The van der Waals surface area contributed by atoms with Crippen molar-refractivity contribution < 1.29 is 0 Å². The van der Waals surface area contributed by atoms with E-state index in [4.69, 9.17) is 0 Å². The summed E-state index contributed by atoms with van der Waals surface area (Å²) in [5, 5.41) is 0. The highest BCUT2D eigenvalue weighted by atomic mass is 14.2. The van der Waals surface area contributed by atoms with Gasteiger partial charge >= 0.3 is 0 Å². The Bertz CT molecular complexity index is 209. The van der Waals surface area contributed by atoms with Crippen LogP contribution in [0.4, 0.5) is 0 Å². The van der Waals surface area contributed by atoms with Gasteiger partial charge in [0.1, 0.15) is 0 Å². The molecule has 0 radical (unpaired) electrons. The van der Waals surface area contributed by atoms with Crippen LogP contribution in [-0.4, -0.2) is 0 Å². The lowest BCUT2D eigenvalue weighted by atomic mass is 9.87. The molecule has 122 valence electrons. The molecule has 0 aliphatic heterocycles. The van der Waals surface area contributed by atoms with Crippen LogP contribution in [0.2, 0.25) is 0 Å². The topological polar surface area (TPSA) is 0 Å². The van der Waals surface area contributed by atoms with Crippen LogP contribution < -0.4 is 0 Å².